The Morgan fingerprint density at radius 2 is 2.11 bits per heavy atom. The molecule has 0 spiro atoms. The molecular formula is C14H17BrClN3. The number of hydrogen-bond acceptors (Lipinski definition) is 2. The average molecular weight is 343 g/mol. The van der Waals surface area contributed by atoms with E-state index in [1.165, 1.54) is 0 Å². The second kappa shape index (κ2) is 5.55. The van der Waals surface area contributed by atoms with Crippen molar-refractivity contribution < 1.29 is 0 Å². The smallest absolute Gasteiger partial charge is 0.0638 e. The third-order valence-electron chi connectivity index (χ3n) is 2.73. The van der Waals surface area contributed by atoms with Crippen molar-refractivity contribution >= 4 is 33.2 Å². The van der Waals surface area contributed by atoms with E-state index in [2.05, 4.69) is 53.3 Å². The number of hydrogen-bond donors (Lipinski definition) is 1. The minimum Gasteiger partial charge on any atom is -0.380 e. The van der Waals surface area contributed by atoms with Crippen molar-refractivity contribution in [1.82, 2.24) is 9.78 Å². The van der Waals surface area contributed by atoms with E-state index in [9.17, 15) is 0 Å². The Balaban J connectivity index is 2.06. The molecule has 0 atom stereocenters. The van der Waals surface area contributed by atoms with Crippen molar-refractivity contribution in [3.63, 3.8) is 0 Å². The minimum atomic E-state index is 0.00563. The molecule has 102 valence electrons. The van der Waals surface area contributed by atoms with Crippen LogP contribution in [0.15, 0.2) is 35.1 Å². The summed E-state index contributed by atoms with van der Waals surface area (Å²) < 4.78 is 2.97. The van der Waals surface area contributed by atoms with Crippen LogP contribution < -0.4 is 5.32 Å². The molecule has 19 heavy (non-hydrogen) atoms. The maximum atomic E-state index is 6.14. The van der Waals surface area contributed by atoms with E-state index in [-0.39, 0.29) is 5.54 Å². The lowest BCUT2D eigenvalue weighted by atomic mass is 10.1. The van der Waals surface area contributed by atoms with Gasteiger partial charge in [0.1, 0.15) is 0 Å². The Labute approximate surface area is 127 Å². The van der Waals surface area contributed by atoms with E-state index in [1.54, 1.807) is 0 Å². The van der Waals surface area contributed by atoms with E-state index in [0.717, 1.165) is 15.7 Å². The van der Waals surface area contributed by atoms with Gasteiger partial charge >= 0.3 is 0 Å². The summed E-state index contributed by atoms with van der Waals surface area (Å²) in [6, 6.07) is 5.76. The van der Waals surface area contributed by atoms with Crippen molar-refractivity contribution in [2.75, 3.05) is 5.32 Å². The van der Waals surface area contributed by atoms with Crippen LogP contribution in [0, 0.1) is 0 Å². The predicted octanol–water partition coefficient (Wildman–Crippen LogP) is 4.67. The summed E-state index contributed by atoms with van der Waals surface area (Å²) in [5, 5.41) is 8.41. The Kier molecular flexibility index (Phi) is 4.21. The van der Waals surface area contributed by atoms with Crippen LogP contribution in [-0.2, 0) is 12.1 Å². The summed E-state index contributed by atoms with van der Waals surface area (Å²) in [5.74, 6) is 0. The lowest BCUT2D eigenvalue weighted by Crippen LogP contribution is -2.21. The van der Waals surface area contributed by atoms with Crippen molar-refractivity contribution in [2.45, 2.75) is 32.9 Å². The summed E-state index contributed by atoms with van der Waals surface area (Å²) in [6.45, 7) is 7.08. The molecule has 1 aromatic heterocycles. The first kappa shape index (κ1) is 14.4. The Hall–Kier alpha value is -1.00. The predicted molar refractivity (Wildman–Crippen MR) is 83.7 cm³/mol. The fraction of sp³-hybridized carbons (Fsp3) is 0.357. The van der Waals surface area contributed by atoms with E-state index in [4.69, 9.17) is 11.6 Å². The molecule has 0 saturated carbocycles. The molecule has 0 amide bonds. The first-order valence-corrected chi connectivity index (χ1v) is 7.26. The van der Waals surface area contributed by atoms with Crippen LogP contribution in [0.5, 0.6) is 0 Å². The van der Waals surface area contributed by atoms with E-state index in [1.807, 2.05) is 29.1 Å². The van der Waals surface area contributed by atoms with Gasteiger partial charge in [-0.25, -0.2) is 0 Å². The van der Waals surface area contributed by atoms with Crippen LogP contribution in [-0.4, -0.2) is 9.78 Å². The first-order valence-electron chi connectivity index (χ1n) is 6.09. The van der Waals surface area contributed by atoms with Crippen LogP contribution >= 0.6 is 27.5 Å². The Morgan fingerprint density at radius 1 is 1.37 bits per heavy atom. The van der Waals surface area contributed by atoms with Crippen LogP contribution in [0.1, 0.15) is 26.3 Å². The quantitative estimate of drug-likeness (QED) is 0.878. The minimum absolute atomic E-state index is 0.00563. The molecule has 0 aliphatic rings. The normalized spacial score (nSPS) is 11.6. The molecule has 0 aliphatic carbocycles. The van der Waals surface area contributed by atoms with Crippen LogP contribution in [0.2, 0.25) is 5.02 Å². The van der Waals surface area contributed by atoms with Gasteiger partial charge in [-0.05, 0) is 39.0 Å². The van der Waals surface area contributed by atoms with Gasteiger partial charge in [0.05, 0.1) is 22.4 Å². The first-order chi connectivity index (χ1) is 8.86. The average Bonchev–Trinajstić information content (AvgIpc) is 2.79. The van der Waals surface area contributed by atoms with E-state index >= 15 is 0 Å². The van der Waals surface area contributed by atoms with Gasteiger partial charge in [0.25, 0.3) is 0 Å². The molecule has 0 fully saturated rings. The fourth-order valence-electron chi connectivity index (χ4n) is 1.65. The second-order valence-electron chi connectivity index (χ2n) is 5.44. The van der Waals surface area contributed by atoms with Crippen LogP contribution in [0.4, 0.5) is 5.69 Å². The molecule has 2 aromatic rings. The van der Waals surface area contributed by atoms with Gasteiger partial charge in [0, 0.05) is 22.8 Å². The van der Waals surface area contributed by atoms with Gasteiger partial charge in [-0.15, -0.1) is 0 Å². The van der Waals surface area contributed by atoms with Crippen molar-refractivity contribution in [1.29, 1.82) is 0 Å². The molecule has 1 aromatic carbocycles. The van der Waals surface area contributed by atoms with Gasteiger partial charge in [-0.3, -0.25) is 4.68 Å². The molecule has 3 nitrogen and oxygen atoms in total. The zero-order valence-electron chi connectivity index (χ0n) is 11.2. The number of nitrogens with one attached hydrogen (secondary N) is 1. The molecule has 0 radical (unpaired) electrons. The SMILES string of the molecule is CC(C)(C)n1cc(CNc2cc(Br)ccc2Cl)cn1. The number of benzene rings is 1. The molecule has 0 unspecified atom stereocenters. The molecular weight excluding hydrogens is 326 g/mol. The molecule has 0 bridgehead atoms. The van der Waals surface area contributed by atoms with Gasteiger partial charge in [0.15, 0.2) is 0 Å². The van der Waals surface area contributed by atoms with Gasteiger partial charge in [0.2, 0.25) is 0 Å². The van der Waals surface area contributed by atoms with Gasteiger partial charge < -0.3 is 5.32 Å². The highest BCUT2D eigenvalue weighted by Gasteiger charge is 2.13. The largest absolute Gasteiger partial charge is 0.380 e. The number of aromatic nitrogens is 2. The van der Waals surface area contributed by atoms with Crippen molar-refractivity contribution in [2.24, 2.45) is 0 Å². The molecule has 0 saturated heterocycles. The standard InChI is InChI=1S/C14H17BrClN3/c1-14(2,3)19-9-10(8-18-19)7-17-13-6-11(15)4-5-12(13)16/h4-6,8-9,17H,7H2,1-3H3. The lowest BCUT2D eigenvalue weighted by molar-refractivity contribution is 0.355. The van der Waals surface area contributed by atoms with Gasteiger partial charge in [-0.1, -0.05) is 27.5 Å². The molecule has 1 heterocycles. The molecule has 1 N–H and O–H groups in total. The second-order valence-corrected chi connectivity index (χ2v) is 6.76. The molecule has 5 heteroatoms. The number of nitrogens with zero attached hydrogens (tertiary/aromatic N) is 2. The van der Waals surface area contributed by atoms with E-state index < -0.39 is 0 Å². The lowest BCUT2D eigenvalue weighted by Gasteiger charge is -2.18. The van der Waals surface area contributed by atoms with Crippen molar-refractivity contribution in [3.8, 4) is 0 Å². The van der Waals surface area contributed by atoms with Crippen molar-refractivity contribution in [3.05, 3.63) is 45.7 Å². The monoisotopic (exact) mass is 341 g/mol. The maximum absolute atomic E-state index is 6.14. The summed E-state index contributed by atoms with van der Waals surface area (Å²) in [5.41, 5.74) is 2.05. The highest BCUT2D eigenvalue weighted by molar-refractivity contribution is 9.10. The third-order valence-corrected chi connectivity index (χ3v) is 3.56. The third kappa shape index (κ3) is 3.74. The summed E-state index contributed by atoms with van der Waals surface area (Å²) in [4.78, 5) is 0. The molecule has 2 rings (SSSR count). The zero-order valence-corrected chi connectivity index (χ0v) is 13.6. The maximum Gasteiger partial charge on any atom is 0.0638 e. The summed E-state index contributed by atoms with van der Waals surface area (Å²) in [7, 11) is 0. The summed E-state index contributed by atoms with van der Waals surface area (Å²) in [6.07, 6.45) is 3.93. The Morgan fingerprint density at radius 3 is 2.74 bits per heavy atom. The number of halogens is 2. The van der Waals surface area contributed by atoms with Crippen LogP contribution in [0.3, 0.4) is 0 Å². The molecule has 0 aliphatic heterocycles. The topological polar surface area (TPSA) is 29.9 Å². The van der Waals surface area contributed by atoms with E-state index in [0.29, 0.717) is 11.6 Å². The van der Waals surface area contributed by atoms with Gasteiger partial charge in [-0.2, -0.15) is 5.10 Å². The summed E-state index contributed by atoms with van der Waals surface area (Å²) >= 11 is 9.57. The number of rotatable bonds is 3. The fourth-order valence-corrected chi connectivity index (χ4v) is 2.19. The number of anilines is 1. The van der Waals surface area contributed by atoms with Crippen LogP contribution in [0.25, 0.3) is 0 Å². The Bertz CT molecular complexity index is 572. The zero-order chi connectivity index (χ0) is 14.0. The highest BCUT2D eigenvalue weighted by Crippen LogP contribution is 2.26. The highest BCUT2D eigenvalue weighted by atomic mass is 79.9.